The van der Waals surface area contributed by atoms with Gasteiger partial charge in [0.15, 0.2) is 5.78 Å². The third-order valence-corrected chi connectivity index (χ3v) is 1.83. The summed E-state index contributed by atoms with van der Waals surface area (Å²) in [4.78, 5) is 10.6. The van der Waals surface area contributed by atoms with Crippen molar-refractivity contribution in [2.24, 2.45) is 0 Å². The molecule has 0 atom stereocenters. The van der Waals surface area contributed by atoms with Crippen molar-refractivity contribution in [2.45, 2.75) is 26.4 Å². The van der Waals surface area contributed by atoms with Crippen LogP contribution in [0.4, 0.5) is 0 Å². The third kappa shape index (κ3) is 2.46. The summed E-state index contributed by atoms with van der Waals surface area (Å²) in [5.41, 5.74) is -0.466. The minimum absolute atomic E-state index is 0.0254. The van der Waals surface area contributed by atoms with Gasteiger partial charge in [-0.05, 0) is 32.8 Å². The Balaban J connectivity index is 2.60. The molecule has 0 spiro atoms. The zero-order chi connectivity index (χ0) is 10.1. The van der Waals surface area contributed by atoms with Crippen molar-refractivity contribution in [2.75, 3.05) is 0 Å². The van der Waals surface area contributed by atoms with Gasteiger partial charge in [-0.3, -0.25) is 4.79 Å². The molecule has 13 heavy (non-hydrogen) atoms. The Kier molecular flexibility index (Phi) is 2.62. The summed E-state index contributed by atoms with van der Waals surface area (Å²) < 4.78 is 10.7. The molecule has 1 aliphatic rings. The normalized spacial score (nSPS) is 20.8. The van der Waals surface area contributed by atoms with Crippen LogP contribution in [0.15, 0.2) is 24.4 Å². The molecule has 70 valence electrons. The molecule has 0 N–H and O–H groups in total. The Bertz CT molecular complexity index is 268. The maximum Gasteiger partial charge on any atom is 0.555 e. The number of rotatable bonds is 2. The summed E-state index contributed by atoms with van der Waals surface area (Å²) in [5.74, 6) is 2.15. The lowest BCUT2D eigenvalue weighted by Gasteiger charge is -2.15. The number of hydrogen-bond acceptors (Lipinski definition) is 3. The smallest absolute Gasteiger partial charge is 0.534 e. The zero-order valence-corrected chi connectivity index (χ0v) is 8.16. The first-order valence-electron chi connectivity index (χ1n) is 4.14. The highest BCUT2D eigenvalue weighted by Gasteiger charge is 2.39. The zero-order valence-electron chi connectivity index (χ0n) is 8.16. The summed E-state index contributed by atoms with van der Waals surface area (Å²) in [6.45, 7) is 8.94. The van der Waals surface area contributed by atoms with Gasteiger partial charge in [-0.1, -0.05) is 6.58 Å². The van der Waals surface area contributed by atoms with E-state index in [1.807, 2.05) is 13.8 Å². The van der Waals surface area contributed by atoms with Crippen molar-refractivity contribution in [1.82, 2.24) is 0 Å². The van der Waals surface area contributed by atoms with Crippen LogP contribution in [0.3, 0.4) is 0 Å². The number of allylic oxidation sites excluding steroid dienone is 1. The van der Waals surface area contributed by atoms with Crippen LogP contribution in [0.1, 0.15) is 20.8 Å². The van der Waals surface area contributed by atoms with Gasteiger partial charge < -0.3 is 9.31 Å². The van der Waals surface area contributed by atoms with E-state index in [-0.39, 0.29) is 5.78 Å². The summed E-state index contributed by atoms with van der Waals surface area (Å²) in [7, 11) is -0.480. The van der Waals surface area contributed by atoms with Crippen LogP contribution in [0, 0.1) is 0 Å². The molecule has 1 heterocycles. The monoisotopic (exact) mass is 180 g/mol. The fourth-order valence-electron chi connectivity index (χ4n) is 0.955. The molecule has 1 rings (SSSR count). The Labute approximate surface area is 78.6 Å². The van der Waals surface area contributed by atoms with Crippen LogP contribution in [0.2, 0.25) is 0 Å². The van der Waals surface area contributed by atoms with E-state index in [1.54, 1.807) is 5.98 Å². The van der Waals surface area contributed by atoms with E-state index in [2.05, 4.69) is 6.58 Å². The van der Waals surface area contributed by atoms with E-state index in [9.17, 15) is 4.79 Å². The third-order valence-electron chi connectivity index (χ3n) is 1.83. The predicted molar refractivity (Wildman–Crippen MR) is 51.0 cm³/mol. The van der Waals surface area contributed by atoms with E-state index < -0.39 is 12.7 Å². The minimum Gasteiger partial charge on any atom is -0.534 e. The summed E-state index contributed by atoms with van der Waals surface area (Å²) in [6.07, 6.45) is 1.43. The average molecular weight is 180 g/mol. The molecule has 0 radical (unpaired) electrons. The van der Waals surface area contributed by atoms with Crippen LogP contribution in [0.5, 0.6) is 0 Å². The van der Waals surface area contributed by atoms with Gasteiger partial charge in [0.1, 0.15) is 5.60 Å². The van der Waals surface area contributed by atoms with Crippen LogP contribution in [-0.2, 0) is 14.1 Å². The predicted octanol–water partition coefficient (Wildman–Crippen LogP) is 1.50. The lowest BCUT2D eigenvalue weighted by Crippen LogP contribution is -2.22. The van der Waals surface area contributed by atoms with Crippen molar-refractivity contribution in [3.63, 3.8) is 0 Å². The van der Waals surface area contributed by atoms with Crippen molar-refractivity contribution in [1.29, 1.82) is 0 Å². The van der Waals surface area contributed by atoms with E-state index in [0.29, 0.717) is 5.76 Å². The Morgan fingerprint density at radius 3 is 2.62 bits per heavy atom. The molecule has 0 aromatic rings. The summed E-state index contributed by atoms with van der Waals surface area (Å²) in [6, 6.07) is 0. The first-order valence-corrected chi connectivity index (χ1v) is 4.14. The molecule has 0 aliphatic carbocycles. The number of ketones is 1. The highest BCUT2D eigenvalue weighted by Crippen LogP contribution is 2.29. The second kappa shape index (κ2) is 3.38. The first-order chi connectivity index (χ1) is 5.92. The summed E-state index contributed by atoms with van der Waals surface area (Å²) >= 11 is 0. The van der Waals surface area contributed by atoms with Gasteiger partial charge in [-0.2, -0.15) is 0 Å². The molecule has 0 unspecified atom stereocenters. The minimum atomic E-state index is -0.480. The van der Waals surface area contributed by atoms with Crippen LogP contribution < -0.4 is 0 Å². The molecular weight excluding hydrogens is 167 g/mol. The van der Waals surface area contributed by atoms with Crippen molar-refractivity contribution in [3.8, 4) is 0 Å². The summed E-state index contributed by atoms with van der Waals surface area (Å²) in [5, 5.41) is 0. The van der Waals surface area contributed by atoms with Crippen molar-refractivity contribution >= 4 is 12.9 Å². The molecule has 1 saturated heterocycles. The van der Waals surface area contributed by atoms with Crippen LogP contribution >= 0.6 is 0 Å². The highest BCUT2D eigenvalue weighted by molar-refractivity contribution is 6.52. The quantitative estimate of drug-likeness (QED) is 0.477. The van der Waals surface area contributed by atoms with E-state index in [1.165, 1.54) is 13.0 Å². The largest absolute Gasteiger partial charge is 0.555 e. The maximum absolute atomic E-state index is 10.6. The Morgan fingerprint density at radius 1 is 1.62 bits per heavy atom. The fraction of sp³-hybridized carbons (Fsp3) is 0.444. The number of carbonyl (C=O) groups excluding carboxylic acids is 1. The maximum atomic E-state index is 10.6. The molecule has 4 heteroatoms. The second-order valence-corrected chi connectivity index (χ2v) is 3.51. The molecule has 1 fully saturated rings. The fourth-order valence-corrected chi connectivity index (χ4v) is 0.955. The molecule has 0 aromatic carbocycles. The number of carbonyl (C=O) groups is 1. The molecule has 0 amide bonds. The van der Waals surface area contributed by atoms with Gasteiger partial charge >= 0.3 is 7.12 Å². The average Bonchev–Trinajstić information content (AvgIpc) is 2.22. The van der Waals surface area contributed by atoms with Crippen molar-refractivity contribution in [3.05, 3.63) is 24.4 Å². The lowest BCUT2D eigenvalue weighted by molar-refractivity contribution is -0.112. The highest BCUT2D eigenvalue weighted by atomic mass is 16.7. The Hall–Kier alpha value is -1.03. The topological polar surface area (TPSA) is 35.5 Å². The van der Waals surface area contributed by atoms with Gasteiger partial charge in [0, 0.05) is 0 Å². The van der Waals surface area contributed by atoms with E-state index in [4.69, 9.17) is 9.31 Å². The van der Waals surface area contributed by atoms with Gasteiger partial charge in [0.05, 0.1) is 5.76 Å². The molecular formula is C9H13BO3. The molecule has 1 aliphatic heterocycles. The SMILES string of the molecule is C=C1OB(/C=C/C(C)=O)OC1(C)C. The van der Waals surface area contributed by atoms with Gasteiger partial charge in [0.25, 0.3) is 0 Å². The standard InChI is InChI=1S/C9H13BO3/c1-7(11)5-6-10-12-8(2)9(3,4)13-10/h5-6H,2H2,1,3-4H3/b6-5+. The Morgan fingerprint density at radius 2 is 2.23 bits per heavy atom. The molecule has 0 bridgehead atoms. The van der Waals surface area contributed by atoms with Crippen LogP contribution in [0.25, 0.3) is 0 Å². The molecule has 0 saturated carbocycles. The molecule has 0 aromatic heterocycles. The molecule has 3 nitrogen and oxygen atoms in total. The van der Waals surface area contributed by atoms with Crippen LogP contribution in [-0.4, -0.2) is 18.5 Å². The van der Waals surface area contributed by atoms with Crippen molar-refractivity contribution < 1.29 is 14.1 Å². The van der Waals surface area contributed by atoms with E-state index in [0.717, 1.165) is 0 Å². The lowest BCUT2D eigenvalue weighted by atomic mass is 9.90. The van der Waals surface area contributed by atoms with Gasteiger partial charge in [-0.15, -0.1) is 0 Å². The van der Waals surface area contributed by atoms with Gasteiger partial charge in [-0.25, -0.2) is 0 Å². The second-order valence-electron chi connectivity index (χ2n) is 3.51. The number of hydrogen-bond donors (Lipinski definition) is 0. The van der Waals surface area contributed by atoms with Gasteiger partial charge in [0.2, 0.25) is 0 Å². The van der Waals surface area contributed by atoms with E-state index >= 15 is 0 Å². The first kappa shape index (κ1) is 10.1.